The second kappa shape index (κ2) is 4.23. The molecule has 0 N–H and O–H groups in total. The monoisotopic (exact) mass is 250 g/mol. The van der Waals surface area contributed by atoms with E-state index in [-0.39, 0.29) is 5.41 Å². The van der Waals surface area contributed by atoms with Crippen LogP contribution in [-0.4, -0.2) is 0 Å². The minimum atomic E-state index is 0.222. The predicted octanol–water partition coefficient (Wildman–Crippen LogP) is 5.12. The lowest BCUT2D eigenvalue weighted by molar-refractivity contribution is 0.590. The minimum absolute atomic E-state index is 0.222. The Morgan fingerprint density at radius 1 is 0.895 bits per heavy atom. The van der Waals surface area contributed by atoms with Crippen molar-refractivity contribution in [3.05, 3.63) is 58.7 Å². The molecule has 0 aromatic heterocycles. The van der Waals surface area contributed by atoms with E-state index in [1.807, 2.05) is 0 Å². The van der Waals surface area contributed by atoms with Gasteiger partial charge in [-0.3, -0.25) is 0 Å². The fourth-order valence-corrected chi connectivity index (χ4v) is 2.90. The Morgan fingerprint density at radius 3 is 2.16 bits per heavy atom. The molecule has 2 aromatic carbocycles. The Balaban J connectivity index is 2.15. The Hall–Kier alpha value is -1.56. The number of benzene rings is 2. The van der Waals surface area contributed by atoms with Gasteiger partial charge in [0.15, 0.2) is 0 Å². The molecule has 0 heteroatoms. The van der Waals surface area contributed by atoms with Crippen molar-refractivity contribution in [1.82, 2.24) is 0 Å². The highest BCUT2D eigenvalue weighted by atomic mass is 14.3. The molecule has 0 aliphatic heterocycles. The topological polar surface area (TPSA) is 0 Å². The third kappa shape index (κ3) is 2.10. The van der Waals surface area contributed by atoms with E-state index < -0.39 is 0 Å². The average Bonchev–Trinajstić information content (AvgIpc) is 2.74. The molecule has 98 valence electrons. The summed E-state index contributed by atoms with van der Waals surface area (Å²) in [6, 6.07) is 14.0. The molecule has 0 radical (unpaired) electrons. The Bertz CT molecular complexity index is 627. The van der Waals surface area contributed by atoms with Gasteiger partial charge in [-0.05, 0) is 51.6 Å². The fraction of sp³-hybridized carbons (Fsp3) is 0.368. The van der Waals surface area contributed by atoms with Crippen molar-refractivity contribution < 1.29 is 0 Å². The highest BCUT2D eigenvalue weighted by molar-refractivity contribution is 5.78. The van der Waals surface area contributed by atoms with Gasteiger partial charge in [0.05, 0.1) is 0 Å². The van der Waals surface area contributed by atoms with Crippen LogP contribution in [0.15, 0.2) is 36.4 Å². The molecule has 0 heterocycles. The lowest BCUT2D eigenvalue weighted by atomic mass is 9.85. The fourth-order valence-electron chi connectivity index (χ4n) is 2.90. The first-order valence-electron chi connectivity index (χ1n) is 7.24. The number of rotatable bonds is 1. The van der Waals surface area contributed by atoms with Gasteiger partial charge in [-0.25, -0.2) is 0 Å². The summed E-state index contributed by atoms with van der Waals surface area (Å²) >= 11 is 0. The first-order valence-corrected chi connectivity index (χ1v) is 7.24. The molecule has 0 nitrogen and oxygen atoms in total. The Kier molecular flexibility index (Phi) is 2.78. The molecule has 0 saturated heterocycles. The molecule has 0 fully saturated rings. The van der Waals surface area contributed by atoms with Crippen molar-refractivity contribution in [2.24, 2.45) is 0 Å². The number of aryl methyl sites for hydroxylation is 1. The van der Waals surface area contributed by atoms with E-state index in [4.69, 9.17) is 0 Å². The number of hydrogen-bond acceptors (Lipinski definition) is 0. The van der Waals surface area contributed by atoms with Crippen molar-refractivity contribution in [2.45, 2.75) is 46.0 Å². The van der Waals surface area contributed by atoms with Crippen LogP contribution in [0.5, 0.6) is 0 Å². The van der Waals surface area contributed by atoms with Crippen molar-refractivity contribution in [3.63, 3.8) is 0 Å². The summed E-state index contributed by atoms with van der Waals surface area (Å²) in [5.41, 5.74) is 8.97. The molecule has 3 rings (SSSR count). The third-order valence-corrected chi connectivity index (χ3v) is 4.23. The largest absolute Gasteiger partial charge is 0.0613 e. The van der Waals surface area contributed by atoms with Crippen LogP contribution in [0.4, 0.5) is 0 Å². The predicted molar refractivity (Wildman–Crippen MR) is 82.8 cm³/mol. The van der Waals surface area contributed by atoms with Gasteiger partial charge >= 0.3 is 0 Å². The van der Waals surface area contributed by atoms with Crippen LogP contribution in [0.25, 0.3) is 11.1 Å². The maximum absolute atomic E-state index is 2.40. The SMILES string of the molecule is CCc1ccc2c(c1)-c1cc(C(C)(C)C)ccc1C2. The number of hydrogen-bond donors (Lipinski definition) is 0. The van der Waals surface area contributed by atoms with Crippen molar-refractivity contribution in [2.75, 3.05) is 0 Å². The summed E-state index contributed by atoms with van der Waals surface area (Å²) in [7, 11) is 0. The molecule has 0 atom stereocenters. The highest BCUT2D eigenvalue weighted by Crippen LogP contribution is 2.39. The number of fused-ring (bicyclic) bond motifs is 3. The van der Waals surface area contributed by atoms with Gasteiger partial charge in [-0.2, -0.15) is 0 Å². The van der Waals surface area contributed by atoms with Crippen LogP contribution in [0, 0.1) is 0 Å². The molecule has 1 aliphatic carbocycles. The van der Waals surface area contributed by atoms with Crippen molar-refractivity contribution in [3.8, 4) is 11.1 Å². The molecular formula is C19H22. The van der Waals surface area contributed by atoms with Crippen LogP contribution in [0.1, 0.15) is 49.9 Å². The Labute approximate surface area is 116 Å². The van der Waals surface area contributed by atoms with Crippen molar-refractivity contribution >= 4 is 0 Å². The summed E-state index contributed by atoms with van der Waals surface area (Å²) in [6.07, 6.45) is 2.21. The quantitative estimate of drug-likeness (QED) is 0.562. The molecule has 0 unspecified atom stereocenters. The van der Waals surface area contributed by atoms with E-state index in [9.17, 15) is 0 Å². The Morgan fingerprint density at radius 2 is 1.53 bits per heavy atom. The van der Waals surface area contributed by atoms with Gasteiger partial charge in [-0.1, -0.05) is 64.1 Å². The van der Waals surface area contributed by atoms with Gasteiger partial charge in [0.25, 0.3) is 0 Å². The molecule has 0 bridgehead atoms. The van der Waals surface area contributed by atoms with Crippen molar-refractivity contribution in [1.29, 1.82) is 0 Å². The smallest absolute Gasteiger partial charge is 0.00134 e. The van der Waals surface area contributed by atoms with E-state index in [1.165, 1.54) is 33.4 Å². The maximum atomic E-state index is 2.40. The maximum Gasteiger partial charge on any atom is -0.00134 e. The van der Waals surface area contributed by atoms with E-state index >= 15 is 0 Å². The van der Waals surface area contributed by atoms with Crippen LogP contribution >= 0.6 is 0 Å². The van der Waals surface area contributed by atoms with Gasteiger partial charge in [0.1, 0.15) is 0 Å². The van der Waals surface area contributed by atoms with E-state index in [1.54, 1.807) is 0 Å². The zero-order valence-corrected chi connectivity index (χ0v) is 12.4. The normalized spacial score (nSPS) is 13.3. The zero-order chi connectivity index (χ0) is 13.6. The first-order chi connectivity index (χ1) is 8.99. The zero-order valence-electron chi connectivity index (χ0n) is 12.4. The second-order valence-corrected chi connectivity index (χ2v) is 6.64. The van der Waals surface area contributed by atoms with E-state index in [0.29, 0.717) is 0 Å². The molecule has 0 spiro atoms. The lowest BCUT2D eigenvalue weighted by Gasteiger charge is -2.20. The van der Waals surface area contributed by atoms with Crippen LogP contribution in [0.3, 0.4) is 0 Å². The average molecular weight is 250 g/mol. The third-order valence-electron chi connectivity index (χ3n) is 4.23. The van der Waals surface area contributed by atoms with Gasteiger partial charge < -0.3 is 0 Å². The minimum Gasteiger partial charge on any atom is -0.0613 e. The van der Waals surface area contributed by atoms with E-state index in [2.05, 4.69) is 64.1 Å². The molecule has 2 aromatic rings. The molecule has 19 heavy (non-hydrogen) atoms. The standard InChI is InChI=1S/C19H22/c1-5-13-6-7-14-11-15-8-9-16(19(2,3)4)12-18(15)17(14)10-13/h6-10,12H,5,11H2,1-4H3. The van der Waals surface area contributed by atoms with Crippen LogP contribution in [-0.2, 0) is 18.3 Å². The molecule has 1 aliphatic rings. The van der Waals surface area contributed by atoms with Gasteiger partial charge in [-0.15, -0.1) is 0 Å². The summed E-state index contributed by atoms with van der Waals surface area (Å²) < 4.78 is 0. The summed E-state index contributed by atoms with van der Waals surface area (Å²) in [4.78, 5) is 0. The summed E-state index contributed by atoms with van der Waals surface area (Å²) in [5.74, 6) is 0. The molecular weight excluding hydrogens is 228 g/mol. The van der Waals surface area contributed by atoms with Crippen LogP contribution < -0.4 is 0 Å². The first kappa shape index (κ1) is 12.5. The van der Waals surface area contributed by atoms with Crippen LogP contribution in [0.2, 0.25) is 0 Å². The molecule has 0 amide bonds. The highest BCUT2D eigenvalue weighted by Gasteiger charge is 2.21. The summed E-state index contributed by atoms with van der Waals surface area (Å²) in [6.45, 7) is 9.08. The van der Waals surface area contributed by atoms with Gasteiger partial charge in [0, 0.05) is 0 Å². The summed E-state index contributed by atoms with van der Waals surface area (Å²) in [5, 5.41) is 0. The van der Waals surface area contributed by atoms with Gasteiger partial charge in [0.2, 0.25) is 0 Å². The van der Waals surface area contributed by atoms with E-state index in [0.717, 1.165) is 12.8 Å². The lowest BCUT2D eigenvalue weighted by Crippen LogP contribution is -2.10. The second-order valence-electron chi connectivity index (χ2n) is 6.64. The molecule has 0 saturated carbocycles.